The molecule has 3 nitrogen and oxygen atoms in total. The predicted molar refractivity (Wildman–Crippen MR) is 153 cm³/mol. The molecule has 0 bridgehead atoms. The quantitative estimate of drug-likeness (QED) is 0.254. The van der Waals surface area contributed by atoms with Crippen molar-refractivity contribution in [2.24, 2.45) is 0 Å². The van der Waals surface area contributed by atoms with E-state index in [-0.39, 0.29) is 0 Å². The highest BCUT2D eigenvalue weighted by molar-refractivity contribution is 6.31. The molecule has 0 amide bonds. The Bertz CT molecular complexity index is 1410. The molecule has 0 atom stereocenters. The fourth-order valence-electron chi connectivity index (χ4n) is 5.54. The Hall–Kier alpha value is -3.40. The Labute approximate surface area is 218 Å². The van der Waals surface area contributed by atoms with Crippen LogP contribution in [0.4, 0.5) is 5.69 Å². The number of hydrogen-bond acceptors (Lipinski definition) is 3. The number of benzene rings is 3. The van der Waals surface area contributed by atoms with Crippen molar-refractivity contribution >= 4 is 45.9 Å². The van der Waals surface area contributed by atoms with Gasteiger partial charge in [0.05, 0.1) is 5.52 Å². The second kappa shape index (κ2) is 10.3. The normalized spacial score (nSPS) is 15.5. The fraction of sp³-hybridized carbons (Fsp3) is 0.219. The van der Waals surface area contributed by atoms with Gasteiger partial charge >= 0.3 is 0 Å². The van der Waals surface area contributed by atoms with Crippen LogP contribution in [-0.2, 0) is 0 Å². The minimum absolute atomic E-state index is 0.721. The topological polar surface area (TPSA) is 28.2 Å². The predicted octanol–water partition coefficient (Wildman–Crippen LogP) is 7.77. The third-order valence-corrected chi connectivity index (χ3v) is 7.62. The summed E-state index contributed by atoms with van der Waals surface area (Å²) in [6.45, 7) is 4.29. The molecule has 3 aromatic carbocycles. The molecular formula is C32H30ClN3. The first-order chi connectivity index (χ1) is 17.8. The standard InChI is InChI=1S/C32H30ClN3/c33-26-12-13-29-30(14-18-35-31(29)22-26)34-17-5-19-36-20-15-25(16-21-36)32-27-8-3-1-6-23(27)10-11-24-7-2-4-9-28(24)32/h1-4,6-14,18,22H,5,15-17,19-21H2,(H,34,35). The zero-order chi connectivity index (χ0) is 24.3. The van der Waals surface area contributed by atoms with E-state index in [9.17, 15) is 0 Å². The third-order valence-electron chi connectivity index (χ3n) is 7.39. The van der Waals surface area contributed by atoms with E-state index in [0.717, 1.165) is 67.1 Å². The Morgan fingerprint density at radius 3 is 2.25 bits per heavy atom. The van der Waals surface area contributed by atoms with E-state index < -0.39 is 0 Å². The molecule has 1 aliphatic heterocycles. The van der Waals surface area contributed by atoms with Gasteiger partial charge in [0.1, 0.15) is 0 Å². The molecule has 4 aromatic rings. The van der Waals surface area contributed by atoms with Crippen LogP contribution in [0.25, 0.3) is 28.6 Å². The van der Waals surface area contributed by atoms with Crippen molar-refractivity contribution in [2.75, 3.05) is 31.5 Å². The number of piperidine rings is 1. The van der Waals surface area contributed by atoms with Crippen molar-refractivity contribution in [3.05, 3.63) is 112 Å². The van der Waals surface area contributed by atoms with Gasteiger partial charge in [-0.3, -0.25) is 4.98 Å². The number of aromatic nitrogens is 1. The van der Waals surface area contributed by atoms with Crippen LogP contribution in [0.5, 0.6) is 0 Å². The molecule has 6 rings (SSSR count). The molecule has 0 saturated carbocycles. The maximum atomic E-state index is 6.13. The summed E-state index contributed by atoms with van der Waals surface area (Å²) in [5, 5.41) is 5.45. The molecule has 1 aromatic heterocycles. The molecule has 1 fully saturated rings. The van der Waals surface area contributed by atoms with E-state index in [1.165, 1.54) is 27.8 Å². The van der Waals surface area contributed by atoms with E-state index >= 15 is 0 Å². The first-order valence-corrected chi connectivity index (χ1v) is 13.2. The van der Waals surface area contributed by atoms with Crippen LogP contribution in [-0.4, -0.2) is 36.1 Å². The van der Waals surface area contributed by atoms with Gasteiger partial charge in [0.25, 0.3) is 0 Å². The summed E-state index contributed by atoms with van der Waals surface area (Å²) in [7, 11) is 0. The molecule has 180 valence electrons. The van der Waals surface area contributed by atoms with Gasteiger partial charge in [-0.1, -0.05) is 77.9 Å². The lowest BCUT2D eigenvalue weighted by Crippen LogP contribution is -2.32. The summed E-state index contributed by atoms with van der Waals surface area (Å²) in [6.07, 6.45) is 9.75. The van der Waals surface area contributed by atoms with E-state index in [1.54, 1.807) is 5.57 Å². The molecule has 0 spiro atoms. The van der Waals surface area contributed by atoms with E-state index in [2.05, 4.69) is 75.9 Å². The van der Waals surface area contributed by atoms with Gasteiger partial charge in [-0.2, -0.15) is 0 Å². The Balaban J connectivity index is 1.11. The zero-order valence-corrected chi connectivity index (χ0v) is 21.1. The van der Waals surface area contributed by atoms with Gasteiger partial charge in [-0.25, -0.2) is 0 Å². The zero-order valence-electron chi connectivity index (χ0n) is 20.4. The highest BCUT2D eigenvalue weighted by atomic mass is 35.5. The Morgan fingerprint density at radius 2 is 1.53 bits per heavy atom. The van der Waals surface area contributed by atoms with E-state index in [4.69, 9.17) is 11.6 Å². The monoisotopic (exact) mass is 491 g/mol. The average molecular weight is 492 g/mol. The molecule has 1 N–H and O–H groups in total. The van der Waals surface area contributed by atoms with Gasteiger partial charge in [-0.05, 0) is 77.9 Å². The van der Waals surface area contributed by atoms with Crippen LogP contribution < -0.4 is 5.32 Å². The van der Waals surface area contributed by atoms with Gasteiger partial charge in [-0.15, -0.1) is 0 Å². The highest BCUT2D eigenvalue weighted by Crippen LogP contribution is 2.38. The first kappa shape index (κ1) is 23.0. The maximum absolute atomic E-state index is 6.13. The number of rotatable bonds is 5. The largest absolute Gasteiger partial charge is 0.384 e. The number of pyridine rings is 1. The number of nitrogens with one attached hydrogen (secondary N) is 1. The first-order valence-electron chi connectivity index (χ1n) is 12.9. The molecule has 36 heavy (non-hydrogen) atoms. The molecule has 0 unspecified atom stereocenters. The number of anilines is 1. The van der Waals surface area contributed by atoms with Gasteiger partial charge in [0.15, 0.2) is 0 Å². The van der Waals surface area contributed by atoms with Gasteiger partial charge in [0.2, 0.25) is 0 Å². The lowest BCUT2D eigenvalue weighted by Gasteiger charge is -2.30. The lowest BCUT2D eigenvalue weighted by molar-refractivity contribution is 0.256. The van der Waals surface area contributed by atoms with Crippen LogP contribution in [0.15, 0.2) is 84.6 Å². The lowest BCUT2D eigenvalue weighted by atomic mass is 9.86. The van der Waals surface area contributed by atoms with E-state index in [1.807, 2.05) is 30.5 Å². The number of fused-ring (bicyclic) bond motifs is 3. The van der Waals surface area contributed by atoms with Crippen LogP contribution >= 0.6 is 11.6 Å². The molecule has 0 radical (unpaired) electrons. The number of halogens is 1. The third kappa shape index (κ3) is 4.69. The Morgan fingerprint density at radius 1 is 0.833 bits per heavy atom. The molecule has 2 heterocycles. The summed E-state index contributed by atoms with van der Waals surface area (Å²) in [5.41, 5.74) is 10.5. The van der Waals surface area contributed by atoms with Gasteiger partial charge < -0.3 is 10.2 Å². The van der Waals surface area contributed by atoms with Crippen LogP contribution in [0.2, 0.25) is 5.02 Å². The minimum atomic E-state index is 0.721. The second-order valence-corrected chi connectivity index (χ2v) is 10.1. The van der Waals surface area contributed by atoms with Crippen molar-refractivity contribution in [3.8, 4) is 0 Å². The number of likely N-dealkylation sites (tertiary alicyclic amines) is 1. The maximum Gasteiger partial charge on any atom is 0.0737 e. The van der Waals surface area contributed by atoms with Crippen molar-refractivity contribution in [1.29, 1.82) is 0 Å². The van der Waals surface area contributed by atoms with Gasteiger partial charge in [0, 0.05) is 41.9 Å². The molecular weight excluding hydrogens is 462 g/mol. The average Bonchev–Trinajstić information content (AvgIpc) is 3.08. The summed E-state index contributed by atoms with van der Waals surface area (Å²) in [6, 6.07) is 25.6. The van der Waals surface area contributed by atoms with Crippen molar-refractivity contribution < 1.29 is 0 Å². The van der Waals surface area contributed by atoms with E-state index in [0.29, 0.717) is 0 Å². The van der Waals surface area contributed by atoms with Crippen molar-refractivity contribution in [3.63, 3.8) is 0 Å². The summed E-state index contributed by atoms with van der Waals surface area (Å²) < 4.78 is 0. The smallest absolute Gasteiger partial charge is 0.0737 e. The van der Waals surface area contributed by atoms with Crippen LogP contribution in [0, 0.1) is 0 Å². The molecule has 1 aliphatic carbocycles. The second-order valence-electron chi connectivity index (χ2n) is 9.63. The van der Waals surface area contributed by atoms with Crippen LogP contribution in [0.1, 0.15) is 41.5 Å². The molecule has 2 aliphatic rings. The SMILES string of the molecule is Clc1ccc2c(NCCCN3CCC(=C4c5ccccc5C=Cc5ccccc54)CC3)ccnc2c1. The highest BCUT2D eigenvalue weighted by Gasteiger charge is 2.22. The molecule has 4 heteroatoms. The molecule has 1 saturated heterocycles. The Kier molecular flexibility index (Phi) is 6.59. The van der Waals surface area contributed by atoms with Crippen molar-refractivity contribution in [1.82, 2.24) is 9.88 Å². The number of nitrogens with zero attached hydrogens (tertiary/aromatic N) is 2. The summed E-state index contributed by atoms with van der Waals surface area (Å²) in [5.74, 6) is 0. The number of hydrogen-bond donors (Lipinski definition) is 1. The summed E-state index contributed by atoms with van der Waals surface area (Å²) in [4.78, 5) is 7.06. The van der Waals surface area contributed by atoms with Crippen LogP contribution in [0.3, 0.4) is 0 Å². The summed E-state index contributed by atoms with van der Waals surface area (Å²) >= 11 is 6.13. The fourth-order valence-corrected chi connectivity index (χ4v) is 5.71. The minimum Gasteiger partial charge on any atom is -0.384 e. The van der Waals surface area contributed by atoms with Crippen molar-refractivity contribution in [2.45, 2.75) is 19.3 Å².